The third-order valence-electron chi connectivity index (χ3n) is 12.2. The Morgan fingerprint density at radius 2 is 1.33 bits per heavy atom. The summed E-state index contributed by atoms with van der Waals surface area (Å²) in [5, 5.41) is 2.10. The first-order chi connectivity index (χ1) is 30.2. The van der Waals surface area contributed by atoms with Gasteiger partial charge in [0.25, 0.3) is 0 Å². The van der Waals surface area contributed by atoms with E-state index in [0.29, 0.717) is 0 Å². The number of hydrogen-bond donors (Lipinski definition) is 0. The molecule has 3 aromatic heterocycles. The SMILES string of the molecule is CC(C)c1cc(-c2ccccc2)cc(C(C)C)c1-n1c(-c2[c-]ccc3c2oc2cc4c(cc23)C(C)(C)c2ccccc2O4)nc2ccccc21.[Ir].[c-]1ccccc1-c1ccccn1. The number of hydrogen-bond acceptors (Lipinski definition) is 4. The predicted octanol–water partition coefficient (Wildman–Crippen LogP) is 15.3. The van der Waals surface area contributed by atoms with Gasteiger partial charge < -0.3 is 18.7 Å². The number of pyridine rings is 1. The molecule has 7 aromatic carbocycles. The second kappa shape index (κ2) is 16.9. The first kappa shape index (κ1) is 41.7. The van der Waals surface area contributed by atoms with Crippen molar-refractivity contribution in [1.82, 2.24) is 14.5 Å². The van der Waals surface area contributed by atoms with E-state index in [2.05, 4.69) is 160 Å². The summed E-state index contributed by atoms with van der Waals surface area (Å²) in [5.74, 6) is 3.08. The van der Waals surface area contributed by atoms with Crippen molar-refractivity contribution in [3.05, 3.63) is 198 Å². The van der Waals surface area contributed by atoms with Crippen LogP contribution < -0.4 is 4.74 Å². The number of imidazole rings is 1. The number of rotatable bonds is 6. The Morgan fingerprint density at radius 1 is 0.619 bits per heavy atom. The fourth-order valence-corrected chi connectivity index (χ4v) is 8.95. The van der Waals surface area contributed by atoms with Gasteiger partial charge in [-0.05, 0) is 82.2 Å². The maximum Gasteiger partial charge on any atom is 0.135 e. The number of para-hydroxylation sites is 3. The number of ether oxygens (including phenoxy) is 1. The predicted molar refractivity (Wildman–Crippen MR) is 253 cm³/mol. The molecule has 0 bridgehead atoms. The monoisotopic (exact) mass is 998 g/mol. The second-order valence-corrected chi connectivity index (χ2v) is 17.2. The van der Waals surface area contributed by atoms with Crippen molar-refractivity contribution >= 4 is 33.0 Å². The Morgan fingerprint density at radius 3 is 2.06 bits per heavy atom. The van der Waals surface area contributed by atoms with E-state index < -0.39 is 0 Å². The Balaban J connectivity index is 0.000000335. The van der Waals surface area contributed by atoms with Gasteiger partial charge in [-0.1, -0.05) is 125 Å². The second-order valence-electron chi connectivity index (χ2n) is 17.2. The summed E-state index contributed by atoms with van der Waals surface area (Å²) < 4.78 is 15.7. The fourth-order valence-electron chi connectivity index (χ4n) is 8.95. The molecule has 1 radical (unpaired) electrons. The van der Waals surface area contributed by atoms with Crippen LogP contribution in [0.4, 0.5) is 0 Å². The average Bonchev–Trinajstić information content (AvgIpc) is 3.87. The molecule has 10 aromatic rings. The third-order valence-corrected chi connectivity index (χ3v) is 12.2. The number of nitrogens with zero attached hydrogens (tertiary/aromatic N) is 3. The number of benzene rings is 7. The van der Waals surface area contributed by atoms with Crippen LogP contribution in [0, 0.1) is 12.1 Å². The number of furan rings is 1. The zero-order valence-electron chi connectivity index (χ0n) is 36.2. The quantitative estimate of drug-likeness (QED) is 0.156. The van der Waals surface area contributed by atoms with Crippen LogP contribution >= 0.6 is 0 Å². The molecule has 0 unspecified atom stereocenters. The molecule has 5 nitrogen and oxygen atoms in total. The Kier molecular flexibility index (Phi) is 11.2. The minimum absolute atomic E-state index is 0. The summed E-state index contributed by atoms with van der Waals surface area (Å²) in [7, 11) is 0. The molecule has 1 aliphatic heterocycles. The van der Waals surface area contributed by atoms with Gasteiger partial charge in [-0.2, -0.15) is 0 Å². The van der Waals surface area contributed by atoms with Gasteiger partial charge in [0.2, 0.25) is 0 Å². The summed E-state index contributed by atoms with van der Waals surface area (Å²) in [5.41, 5.74) is 14.7. The molecular formula is C57H47IrN3O2-2. The zero-order chi connectivity index (χ0) is 42.5. The normalized spacial score (nSPS) is 12.7. The molecule has 4 heterocycles. The van der Waals surface area contributed by atoms with Crippen molar-refractivity contribution in [2.24, 2.45) is 0 Å². The molecule has 0 saturated heterocycles. The molecule has 0 amide bonds. The van der Waals surface area contributed by atoms with Gasteiger partial charge in [-0.25, -0.2) is 0 Å². The van der Waals surface area contributed by atoms with Crippen LogP contribution in [0.5, 0.6) is 11.5 Å². The van der Waals surface area contributed by atoms with Crippen molar-refractivity contribution < 1.29 is 29.3 Å². The van der Waals surface area contributed by atoms with Gasteiger partial charge in [-0.15, -0.1) is 54.1 Å². The van der Waals surface area contributed by atoms with Gasteiger partial charge in [0, 0.05) is 60.0 Å². The minimum atomic E-state index is -0.230. The van der Waals surface area contributed by atoms with Crippen molar-refractivity contribution in [2.45, 2.75) is 58.8 Å². The molecule has 313 valence electrons. The Bertz CT molecular complexity index is 3170. The van der Waals surface area contributed by atoms with Crippen LogP contribution in [0.3, 0.4) is 0 Å². The molecule has 0 fully saturated rings. The molecule has 0 N–H and O–H groups in total. The summed E-state index contributed by atoms with van der Waals surface area (Å²) in [6, 6.07) is 61.0. The molecule has 0 aliphatic carbocycles. The van der Waals surface area contributed by atoms with E-state index in [0.717, 1.165) is 72.7 Å². The van der Waals surface area contributed by atoms with Gasteiger partial charge in [0.15, 0.2) is 0 Å². The van der Waals surface area contributed by atoms with Crippen LogP contribution in [-0.4, -0.2) is 14.5 Å². The number of fused-ring (bicyclic) bond motifs is 6. The molecule has 11 rings (SSSR count). The standard InChI is InChI=1S/C46H39N2O2.C11H8N.Ir/c1-27(2)33-23-30(29-15-8-7-9-16-29)24-34(28(3)4)43(33)48-39-21-12-11-20-38(39)47-45(48)32-18-14-17-31-35-25-37-42(26-41(35)50-44(31)32)49-40-22-13-10-19-36(40)46(37,5)6;1-2-6-10(7-3-1)11-8-4-5-9-12-11;/h7-17,19-28H,1-6H3;1-6,8-9H;/q2*-1;. The molecule has 63 heavy (non-hydrogen) atoms. The van der Waals surface area contributed by atoms with Crippen molar-refractivity contribution in [2.75, 3.05) is 0 Å². The van der Waals surface area contributed by atoms with Gasteiger partial charge in [0.05, 0.1) is 22.4 Å². The van der Waals surface area contributed by atoms with Gasteiger partial charge in [-0.3, -0.25) is 4.98 Å². The maximum absolute atomic E-state index is 6.81. The van der Waals surface area contributed by atoms with Crippen LogP contribution in [0.25, 0.3) is 72.4 Å². The van der Waals surface area contributed by atoms with Crippen LogP contribution in [0.1, 0.15) is 75.6 Å². The van der Waals surface area contributed by atoms with Crippen molar-refractivity contribution in [1.29, 1.82) is 0 Å². The first-order valence-corrected chi connectivity index (χ1v) is 21.5. The Labute approximate surface area is 382 Å². The molecular weight excluding hydrogens is 951 g/mol. The summed E-state index contributed by atoms with van der Waals surface area (Å²) in [6.07, 6.45) is 1.79. The molecule has 0 saturated carbocycles. The summed E-state index contributed by atoms with van der Waals surface area (Å²) in [4.78, 5) is 9.55. The zero-order valence-corrected chi connectivity index (χ0v) is 38.6. The van der Waals surface area contributed by atoms with E-state index >= 15 is 0 Å². The first-order valence-electron chi connectivity index (χ1n) is 21.5. The largest absolute Gasteiger partial charge is 0.500 e. The molecule has 1 aliphatic rings. The fraction of sp³-hybridized carbons (Fsp3) is 0.158. The van der Waals surface area contributed by atoms with Crippen LogP contribution in [-0.2, 0) is 25.5 Å². The van der Waals surface area contributed by atoms with Gasteiger partial charge >= 0.3 is 0 Å². The van der Waals surface area contributed by atoms with E-state index in [-0.39, 0.29) is 37.4 Å². The van der Waals surface area contributed by atoms with Crippen molar-refractivity contribution in [3.63, 3.8) is 0 Å². The van der Waals surface area contributed by atoms with E-state index in [1.165, 1.54) is 33.5 Å². The van der Waals surface area contributed by atoms with Gasteiger partial charge in [0.1, 0.15) is 17.1 Å². The minimum Gasteiger partial charge on any atom is -0.500 e. The topological polar surface area (TPSA) is 53.1 Å². The van der Waals surface area contributed by atoms with E-state index in [9.17, 15) is 0 Å². The maximum atomic E-state index is 6.81. The van der Waals surface area contributed by atoms with E-state index in [1.54, 1.807) is 6.20 Å². The van der Waals surface area contributed by atoms with E-state index in [1.807, 2.05) is 60.7 Å². The molecule has 0 atom stereocenters. The van der Waals surface area contributed by atoms with Crippen LogP contribution in [0.2, 0.25) is 0 Å². The summed E-state index contributed by atoms with van der Waals surface area (Å²) >= 11 is 0. The molecule has 0 spiro atoms. The summed E-state index contributed by atoms with van der Waals surface area (Å²) in [6.45, 7) is 13.7. The van der Waals surface area contributed by atoms with E-state index in [4.69, 9.17) is 14.1 Å². The smallest absolute Gasteiger partial charge is 0.135 e. The third kappa shape index (κ3) is 7.48. The number of aromatic nitrogens is 3. The molecule has 6 heteroatoms. The van der Waals surface area contributed by atoms with Crippen LogP contribution in [0.15, 0.2) is 168 Å². The van der Waals surface area contributed by atoms with Crippen molar-refractivity contribution in [3.8, 4) is 51.0 Å². The average molecular weight is 998 g/mol. The Hall–Kier alpha value is -6.59.